The molecule has 1 fully saturated rings. The number of allylic oxidation sites excluding steroid dienone is 4. The normalized spacial score (nSPS) is 35.5. The Morgan fingerprint density at radius 2 is 1.86 bits per heavy atom. The SMILES string of the molecule is C[C@@H]1C(=O)C=CC2=CC[C@@H]3[C@H]([C@]21C)[C@@]3(C)C(=O)OCC(=O)c1ccc(Br)cc1. The van der Waals surface area contributed by atoms with Crippen molar-refractivity contribution in [3.63, 3.8) is 0 Å². The van der Waals surface area contributed by atoms with E-state index < -0.39 is 5.41 Å². The highest BCUT2D eigenvalue weighted by atomic mass is 79.9. The Bertz CT molecular complexity index is 928. The van der Waals surface area contributed by atoms with Crippen molar-refractivity contribution >= 4 is 33.5 Å². The van der Waals surface area contributed by atoms with Crippen molar-refractivity contribution in [2.24, 2.45) is 28.6 Å². The molecular formula is C23H23BrO4. The number of hydrogen-bond donors (Lipinski definition) is 0. The third-order valence-corrected chi connectivity index (χ3v) is 7.79. The largest absolute Gasteiger partial charge is 0.457 e. The quantitative estimate of drug-likeness (QED) is 0.507. The van der Waals surface area contributed by atoms with Crippen LogP contribution in [0.15, 0.2) is 52.5 Å². The summed E-state index contributed by atoms with van der Waals surface area (Å²) >= 11 is 3.34. The molecule has 0 amide bonds. The lowest BCUT2D eigenvalue weighted by molar-refractivity contribution is -0.150. The number of hydrogen-bond acceptors (Lipinski definition) is 4. The molecule has 5 atom stereocenters. The van der Waals surface area contributed by atoms with E-state index in [1.54, 1.807) is 30.3 Å². The molecule has 0 spiro atoms. The number of carbonyl (C=O) groups is 3. The average Bonchev–Trinajstić information content (AvgIpc) is 3.31. The summed E-state index contributed by atoms with van der Waals surface area (Å²) in [7, 11) is 0. The van der Waals surface area contributed by atoms with Gasteiger partial charge in [0.25, 0.3) is 0 Å². The Morgan fingerprint density at radius 1 is 1.18 bits per heavy atom. The molecule has 4 rings (SSSR count). The van der Waals surface area contributed by atoms with Gasteiger partial charge in [0.1, 0.15) is 0 Å². The van der Waals surface area contributed by atoms with Gasteiger partial charge in [-0.2, -0.15) is 0 Å². The van der Waals surface area contributed by atoms with Crippen molar-refractivity contribution in [1.29, 1.82) is 0 Å². The highest BCUT2D eigenvalue weighted by Crippen LogP contribution is 2.74. The highest BCUT2D eigenvalue weighted by Gasteiger charge is 2.75. The first-order chi connectivity index (χ1) is 13.2. The van der Waals surface area contributed by atoms with E-state index in [1.807, 2.05) is 19.9 Å². The maximum atomic E-state index is 13.0. The van der Waals surface area contributed by atoms with E-state index >= 15 is 0 Å². The van der Waals surface area contributed by atoms with Crippen molar-refractivity contribution in [2.75, 3.05) is 6.61 Å². The van der Waals surface area contributed by atoms with Crippen molar-refractivity contribution in [1.82, 2.24) is 0 Å². The topological polar surface area (TPSA) is 60.4 Å². The molecule has 0 bridgehead atoms. The molecule has 0 heterocycles. The fourth-order valence-corrected chi connectivity index (χ4v) is 5.60. The summed E-state index contributed by atoms with van der Waals surface area (Å²) in [5, 5.41) is 0. The van der Waals surface area contributed by atoms with E-state index in [1.165, 1.54) is 0 Å². The van der Waals surface area contributed by atoms with Crippen molar-refractivity contribution in [3.05, 3.63) is 58.1 Å². The molecule has 0 aliphatic heterocycles. The lowest BCUT2D eigenvalue weighted by Crippen LogP contribution is -2.40. The number of carbonyl (C=O) groups excluding carboxylic acids is 3. The summed E-state index contributed by atoms with van der Waals surface area (Å²) in [4.78, 5) is 37.6. The van der Waals surface area contributed by atoms with E-state index in [0.29, 0.717) is 5.56 Å². The van der Waals surface area contributed by atoms with Gasteiger partial charge in [-0.15, -0.1) is 0 Å². The maximum Gasteiger partial charge on any atom is 0.312 e. The predicted molar refractivity (Wildman–Crippen MR) is 109 cm³/mol. The Morgan fingerprint density at radius 3 is 2.54 bits per heavy atom. The van der Waals surface area contributed by atoms with Crippen LogP contribution in [0.25, 0.3) is 0 Å². The van der Waals surface area contributed by atoms with Gasteiger partial charge in [0, 0.05) is 21.4 Å². The summed E-state index contributed by atoms with van der Waals surface area (Å²) in [6.45, 7) is 5.70. The minimum atomic E-state index is -0.660. The molecule has 1 aromatic rings. The van der Waals surface area contributed by atoms with Gasteiger partial charge in [-0.05, 0) is 49.0 Å². The molecule has 0 radical (unpaired) electrons. The van der Waals surface area contributed by atoms with Gasteiger partial charge in [-0.1, -0.05) is 54.1 Å². The van der Waals surface area contributed by atoms with E-state index in [-0.39, 0.29) is 47.3 Å². The molecule has 0 N–H and O–H groups in total. The molecule has 146 valence electrons. The second-order valence-corrected chi connectivity index (χ2v) is 9.42. The zero-order valence-electron chi connectivity index (χ0n) is 16.2. The molecule has 0 aromatic heterocycles. The Kier molecular flexibility index (Phi) is 4.49. The van der Waals surface area contributed by atoms with Crippen LogP contribution in [0.5, 0.6) is 0 Å². The van der Waals surface area contributed by atoms with E-state index in [2.05, 4.69) is 28.9 Å². The van der Waals surface area contributed by atoms with Crippen LogP contribution in [0, 0.1) is 28.6 Å². The van der Waals surface area contributed by atoms with Gasteiger partial charge < -0.3 is 4.74 Å². The number of fused-ring (bicyclic) bond motifs is 3. The van der Waals surface area contributed by atoms with Crippen LogP contribution in [0.3, 0.4) is 0 Å². The number of Topliss-reactive ketones (excluding diaryl/α,β-unsaturated/α-hetero) is 1. The van der Waals surface area contributed by atoms with Crippen molar-refractivity contribution < 1.29 is 19.1 Å². The predicted octanol–water partition coefficient (Wildman–Crippen LogP) is 4.54. The molecular weight excluding hydrogens is 420 g/mol. The van der Waals surface area contributed by atoms with Gasteiger partial charge >= 0.3 is 5.97 Å². The second kappa shape index (κ2) is 6.51. The van der Waals surface area contributed by atoms with Gasteiger partial charge in [0.05, 0.1) is 5.41 Å². The first kappa shape index (κ1) is 19.3. The maximum absolute atomic E-state index is 13.0. The van der Waals surface area contributed by atoms with Crippen LogP contribution in [-0.2, 0) is 14.3 Å². The van der Waals surface area contributed by atoms with Crippen LogP contribution in [0.2, 0.25) is 0 Å². The zero-order chi connectivity index (χ0) is 20.3. The van der Waals surface area contributed by atoms with Crippen LogP contribution in [0.1, 0.15) is 37.6 Å². The number of ether oxygens (including phenoxy) is 1. The molecule has 1 saturated carbocycles. The van der Waals surface area contributed by atoms with E-state index in [0.717, 1.165) is 16.5 Å². The molecule has 3 aliphatic carbocycles. The van der Waals surface area contributed by atoms with Crippen LogP contribution in [0.4, 0.5) is 0 Å². The number of esters is 1. The lowest BCUT2D eigenvalue weighted by atomic mass is 9.61. The monoisotopic (exact) mass is 442 g/mol. The fourth-order valence-electron chi connectivity index (χ4n) is 5.34. The van der Waals surface area contributed by atoms with E-state index in [4.69, 9.17) is 4.74 Å². The molecule has 28 heavy (non-hydrogen) atoms. The molecule has 4 nitrogen and oxygen atoms in total. The fraction of sp³-hybridized carbons (Fsp3) is 0.435. The van der Waals surface area contributed by atoms with Gasteiger partial charge in [-0.3, -0.25) is 14.4 Å². The standard InChI is InChI=1S/C23H23BrO4/c1-13-18(25)11-7-15-6-10-17-20(22(13,15)2)23(17,3)21(27)28-12-19(26)14-4-8-16(24)9-5-14/h4-9,11,13,17,20H,10,12H2,1-3H3/t13-,17-,20-,22+,23+/m1/s1. The molecule has 0 saturated heterocycles. The summed E-state index contributed by atoms with van der Waals surface area (Å²) in [6, 6.07) is 6.99. The van der Waals surface area contributed by atoms with Crippen molar-refractivity contribution in [3.8, 4) is 0 Å². The van der Waals surface area contributed by atoms with Crippen LogP contribution < -0.4 is 0 Å². The number of halogens is 1. The Hall–Kier alpha value is -2.01. The Balaban J connectivity index is 1.49. The molecule has 3 aliphatic rings. The summed E-state index contributed by atoms with van der Waals surface area (Å²) in [5.41, 5.74) is 0.635. The van der Waals surface area contributed by atoms with Crippen LogP contribution >= 0.6 is 15.9 Å². The smallest absolute Gasteiger partial charge is 0.312 e. The summed E-state index contributed by atoms with van der Waals surface area (Å²) < 4.78 is 6.35. The minimum absolute atomic E-state index is 0.0548. The summed E-state index contributed by atoms with van der Waals surface area (Å²) in [5.74, 6) is -0.415. The van der Waals surface area contributed by atoms with Crippen molar-refractivity contribution in [2.45, 2.75) is 27.2 Å². The third kappa shape index (κ3) is 2.66. The lowest BCUT2D eigenvalue weighted by Gasteiger charge is -2.41. The minimum Gasteiger partial charge on any atom is -0.457 e. The molecule has 1 aromatic carbocycles. The first-order valence-electron chi connectivity index (χ1n) is 9.59. The van der Waals surface area contributed by atoms with E-state index in [9.17, 15) is 14.4 Å². The zero-order valence-corrected chi connectivity index (χ0v) is 17.8. The summed E-state index contributed by atoms with van der Waals surface area (Å²) in [6.07, 6.45) is 6.51. The molecule has 0 unspecified atom stereocenters. The molecule has 5 heteroatoms. The average molecular weight is 443 g/mol. The van der Waals surface area contributed by atoms with Gasteiger partial charge in [-0.25, -0.2) is 0 Å². The first-order valence-corrected chi connectivity index (χ1v) is 10.4. The van der Waals surface area contributed by atoms with Gasteiger partial charge in [0.15, 0.2) is 18.2 Å². The Labute approximate surface area is 173 Å². The second-order valence-electron chi connectivity index (χ2n) is 8.51. The van der Waals surface area contributed by atoms with Crippen LogP contribution in [-0.4, -0.2) is 24.1 Å². The number of rotatable bonds is 4. The third-order valence-electron chi connectivity index (χ3n) is 7.26. The number of benzene rings is 1. The van der Waals surface area contributed by atoms with Gasteiger partial charge in [0.2, 0.25) is 0 Å². The number of ketones is 2. The highest BCUT2D eigenvalue weighted by molar-refractivity contribution is 9.10.